The lowest BCUT2D eigenvalue weighted by Crippen LogP contribution is -2.34. The summed E-state index contributed by atoms with van der Waals surface area (Å²) < 4.78 is 40.8. The van der Waals surface area contributed by atoms with Crippen LogP contribution in [0.25, 0.3) is 11.0 Å². The van der Waals surface area contributed by atoms with Gasteiger partial charge in [-0.15, -0.1) is 0 Å². The highest BCUT2D eigenvalue weighted by atomic mass is 19.1. The number of aliphatic carboxylic acids is 1. The van der Waals surface area contributed by atoms with Crippen LogP contribution in [-0.2, 0) is 4.79 Å². The van der Waals surface area contributed by atoms with E-state index in [-0.39, 0.29) is 16.6 Å². The van der Waals surface area contributed by atoms with Gasteiger partial charge in [0.1, 0.15) is 23.0 Å². The number of imidazole rings is 1. The second-order valence-corrected chi connectivity index (χ2v) is 5.16. The summed E-state index contributed by atoms with van der Waals surface area (Å²) in [6, 6.07) is 2.37. The Morgan fingerprint density at radius 3 is 2.60 bits per heavy atom. The number of fused-ring (bicyclic) bond motifs is 1. The van der Waals surface area contributed by atoms with Crippen LogP contribution < -0.4 is 5.32 Å². The number of H-pyrrole nitrogens is 1. The summed E-state index contributed by atoms with van der Waals surface area (Å²) in [6.45, 7) is 0. The van der Waals surface area contributed by atoms with E-state index in [1.807, 2.05) is 0 Å². The van der Waals surface area contributed by atoms with E-state index in [1.165, 1.54) is 6.33 Å². The van der Waals surface area contributed by atoms with Crippen molar-refractivity contribution in [3.05, 3.63) is 65.2 Å². The average Bonchev–Trinajstić information content (AvgIpc) is 3.02. The van der Waals surface area contributed by atoms with E-state index in [0.29, 0.717) is 6.07 Å². The molecule has 0 saturated heterocycles. The van der Waals surface area contributed by atoms with Crippen LogP contribution in [-0.4, -0.2) is 27.0 Å². The Labute approximate surface area is 138 Å². The first-order valence-electron chi connectivity index (χ1n) is 6.98. The van der Waals surface area contributed by atoms with Crippen molar-refractivity contribution in [1.82, 2.24) is 15.3 Å². The van der Waals surface area contributed by atoms with E-state index >= 15 is 0 Å². The lowest BCUT2D eigenvalue weighted by Gasteiger charge is -2.16. The fraction of sp³-hybridized carbons (Fsp3) is 0.0625. The Morgan fingerprint density at radius 2 is 1.88 bits per heavy atom. The number of amides is 1. The summed E-state index contributed by atoms with van der Waals surface area (Å²) in [4.78, 5) is 30.3. The molecule has 3 aromatic rings. The van der Waals surface area contributed by atoms with Gasteiger partial charge in [-0.05, 0) is 30.3 Å². The van der Waals surface area contributed by atoms with Crippen molar-refractivity contribution < 1.29 is 27.9 Å². The maximum atomic E-state index is 13.8. The third-order valence-corrected chi connectivity index (χ3v) is 3.52. The molecule has 1 heterocycles. The number of nitrogens with zero attached hydrogens (tertiary/aromatic N) is 1. The van der Waals surface area contributed by atoms with Gasteiger partial charge in [0.25, 0.3) is 5.91 Å². The van der Waals surface area contributed by atoms with Gasteiger partial charge in [-0.25, -0.2) is 22.9 Å². The van der Waals surface area contributed by atoms with E-state index in [4.69, 9.17) is 0 Å². The summed E-state index contributed by atoms with van der Waals surface area (Å²) in [5.41, 5.74) is -0.452. The van der Waals surface area contributed by atoms with Gasteiger partial charge >= 0.3 is 5.97 Å². The quantitative estimate of drug-likeness (QED) is 0.675. The number of hydrogen-bond acceptors (Lipinski definition) is 3. The fourth-order valence-corrected chi connectivity index (χ4v) is 2.40. The summed E-state index contributed by atoms with van der Waals surface area (Å²) in [5.74, 6) is -5.21. The molecule has 0 bridgehead atoms. The predicted molar refractivity (Wildman–Crippen MR) is 80.3 cm³/mol. The average molecular weight is 349 g/mol. The molecule has 0 fully saturated rings. The van der Waals surface area contributed by atoms with Crippen LogP contribution in [0.4, 0.5) is 13.2 Å². The molecule has 1 unspecified atom stereocenters. The Kier molecular flexibility index (Phi) is 4.14. The van der Waals surface area contributed by atoms with Crippen molar-refractivity contribution >= 4 is 22.9 Å². The number of aromatic amines is 1. The lowest BCUT2D eigenvalue weighted by molar-refractivity contribution is -0.139. The number of carbonyl (C=O) groups excluding carboxylic acids is 1. The lowest BCUT2D eigenvalue weighted by atomic mass is 10.0. The van der Waals surface area contributed by atoms with Gasteiger partial charge in [-0.3, -0.25) is 4.79 Å². The first kappa shape index (κ1) is 16.5. The molecule has 1 amide bonds. The van der Waals surface area contributed by atoms with Crippen molar-refractivity contribution in [1.29, 1.82) is 0 Å². The van der Waals surface area contributed by atoms with Gasteiger partial charge in [-0.1, -0.05) is 0 Å². The molecule has 6 nitrogen and oxygen atoms in total. The molecule has 0 aliphatic heterocycles. The molecule has 0 saturated carbocycles. The number of aromatic nitrogens is 2. The van der Waals surface area contributed by atoms with Crippen LogP contribution in [0, 0.1) is 17.5 Å². The van der Waals surface area contributed by atoms with Gasteiger partial charge in [-0.2, -0.15) is 0 Å². The molecule has 3 N–H and O–H groups in total. The van der Waals surface area contributed by atoms with Crippen molar-refractivity contribution in [2.75, 3.05) is 0 Å². The molecule has 0 aliphatic carbocycles. The number of halogens is 3. The predicted octanol–water partition coefficient (Wildman–Crippen LogP) is 2.54. The van der Waals surface area contributed by atoms with E-state index in [1.54, 1.807) is 0 Å². The Bertz CT molecular complexity index is 987. The van der Waals surface area contributed by atoms with Crippen LogP contribution >= 0.6 is 0 Å². The summed E-state index contributed by atoms with van der Waals surface area (Å²) in [7, 11) is 0. The molecule has 0 spiro atoms. The third kappa shape index (κ3) is 3.16. The van der Waals surface area contributed by atoms with Crippen LogP contribution in [0.15, 0.2) is 36.7 Å². The highest BCUT2D eigenvalue weighted by Gasteiger charge is 2.27. The molecular weight excluding hydrogens is 339 g/mol. The van der Waals surface area contributed by atoms with Gasteiger partial charge in [0.2, 0.25) is 0 Å². The van der Waals surface area contributed by atoms with Crippen molar-refractivity contribution in [2.24, 2.45) is 0 Å². The Morgan fingerprint density at radius 1 is 1.12 bits per heavy atom. The molecular formula is C16H10F3N3O3. The highest BCUT2D eigenvalue weighted by molar-refractivity contribution is 6.06. The minimum absolute atomic E-state index is 0.114. The number of carboxylic acid groups (broad SMARTS) is 1. The monoisotopic (exact) mass is 349 g/mol. The fourth-order valence-electron chi connectivity index (χ4n) is 2.40. The van der Waals surface area contributed by atoms with E-state index < -0.39 is 40.9 Å². The summed E-state index contributed by atoms with van der Waals surface area (Å²) >= 11 is 0. The highest BCUT2D eigenvalue weighted by Crippen LogP contribution is 2.22. The minimum atomic E-state index is -1.86. The van der Waals surface area contributed by atoms with Gasteiger partial charge in [0.05, 0.1) is 17.4 Å². The van der Waals surface area contributed by atoms with E-state index in [2.05, 4.69) is 15.3 Å². The number of hydrogen-bond donors (Lipinski definition) is 3. The molecule has 25 heavy (non-hydrogen) atoms. The zero-order valence-electron chi connectivity index (χ0n) is 12.4. The molecule has 3 rings (SSSR count). The zero-order valence-corrected chi connectivity index (χ0v) is 12.4. The Hall–Kier alpha value is -3.36. The first-order chi connectivity index (χ1) is 11.9. The van der Waals surface area contributed by atoms with Crippen molar-refractivity contribution in [3.8, 4) is 0 Å². The van der Waals surface area contributed by atoms with E-state index in [0.717, 1.165) is 24.3 Å². The van der Waals surface area contributed by atoms with Crippen LogP contribution in [0.2, 0.25) is 0 Å². The molecule has 0 radical (unpaired) electrons. The van der Waals surface area contributed by atoms with Crippen molar-refractivity contribution in [2.45, 2.75) is 6.04 Å². The van der Waals surface area contributed by atoms with Gasteiger partial charge in [0, 0.05) is 5.56 Å². The Balaban J connectivity index is 2.00. The molecule has 128 valence electrons. The van der Waals surface area contributed by atoms with Crippen molar-refractivity contribution in [3.63, 3.8) is 0 Å². The number of carbonyl (C=O) groups is 2. The topological polar surface area (TPSA) is 95.1 Å². The molecule has 2 aromatic carbocycles. The number of nitrogens with one attached hydrogen (secondary N) is 2. The largest absolute Gasteiger partial charge is 0.479 e. The van der Waals surface area contributed by atoms with Gasteiger partial charge in [0.15, 0.2) is 6.04 Å². The smallest absolute Gasteiger partial charge is 0.331 e. The van der Waals surface area contributed by atoms with Gasteiger partial charge < -0.3 is 15.4 Å². The van der Waals surface area contributed by atoms with E-state index in [9.17, 15) is 27.9 Å². The first-order valence-corrected chi connectivity index (χ1v) is 6.98. The second kappa shape index (κ2) is 6.27. The summed E-state index contributed by atoms with van der Waals surface area (Å²) in [6.07, 6.45) is 1.24. The molecule has 1 atom stereocenters. The number of carboxylic acids is 1. The number of benzene rings is 2. The third-order valence-electron chi connectivity index (χ3n) is 3.52. The van der Waals surface area contributed by atoms with Crippen LogP contribution in [0.1, 0.15) is 22.0 Å². The minimum Gasteiger partial charge on any atom is -0.479 e. The molecule has 0 aliphatic rings. The zero-order chi connectivity index (χ0) is 18.1. The standard InChI is InChI=1S/C16H10F3N3O3/c17-7-1-2-11(19)9(3-7)14(16(24)25)22-15(23)10-4-8(18)5-12-13(10)21-6-20-12/h1-6,14H,(H,20,21)(H,22,23)(H,24,25). The second-order valence-electron chi connectivity index (χ2n) is 5.16. The maximum Gasteiger partial charge on any atom is 0.331 e. The SMILES string of the molecule is O=C(NC(C(=O)O)c1cc(F)ccc1F)c1cc(F)cc2[nH]cnc12. The number of rotatable bonds is 4. The normalized spacial score (nSPS) is 12.1. The molecule has 9 heteroatoms. The van der Waals surface area contributed by atoms with Crippen LogP contribution in [0.5, 0.6) is 0 Å². The maximum absolute atomic E-state index is 13.8. The van der Waals surface area contributed by atoms with Crippen LogP contribution in [0.3, 0.4) is 0 Å². The molecule has 1 aromatic heterocycles. The summed E-state index contributed by atoms with van der Waals surface area (Å²) in [5, 5.41) is 11.3.